The topological polar surface area (TPSA) is 40.5 Å². The van der Waals surface area contributed by atoms with Gasteiger partial charge in [-0.1, -0.05) is 20.3 Å². The Balaban J connectivity index is 1.47. The quantitative estimate of drug-likeness (QED) is 0.687. The van der Waals surface area contributed by atoms with Gasteiger partial charge in [0.25, 0.3) is 0 Å². The van der Waals surface area contributed by atoms with Gasteiger partial charge in [0, 0.05) is 0 Å². The number of aliphatic hydroxyl groups is 2. The van der Waals surface area contributed by atoms with E-state index in [0.717, 1.165) is 48.9 Å². The third-order valence-electron chi connectivity index (χ3n) is 10.0. The molecule has 0 aromatic heterocycles. The van der Waals surface area contributed by atoms with Crippen molar-refractivity contribution in [1.82, 2.24) is 0 Å². The first-order valence-corrected chi connectivity index (χ1v) is 11.7. The average molecular weight is 363 g/mol. The normalized spacial score (nSPS) is 52.0. The minimum absolute atomic E-state index is 0.0248. The fourth-order valence-electron chi connectivity index (χ4n) is 8.48. The predicted molar refractivity (Wildman–Crippen MR) is 107 cm³/mol. The second-order valence-corrected chi connectivity index (χ2v) is 11.2. The van der Waals surface area contributed by atoms with Crippen LogP contribution in [0.25, 0.3) is 0 Å². The van der Waals surface area contributed by atoms with Crippen LogP contribution >= 0.6 is 0 Å². The standard InChI is InChI=1S/C24H42O2/c1-16(25)5-4-6-17-8-10-21-20-9-7-18-15-19(26)11-13-24(18,3)22(20)12-14-23(17,21)2/h16-22,25-26H,4-15H2,1-3H3/t16?,17-,18?,19?,20-,21?,22?,23?,24-/m0/s1. The van der Waals surface area contributed by atoms with Gasteiger partial charge in [-0.05, 0) is 118 Å². The smallest absolute Gasteiger partial charge is 0.0543 e. The van der Waals surface area contributed by atoms with Crippen molar-refractivity contribution in [3.05, 3.63) is 0 Å². The molecule has 150 valence electrons. The third-order valence-corrected chi connectivity index (χ3v) is 10.0. The predicted octanol–water partition coefficient (Wildman–Crippen LogP) is 5.56. The lowest BCUT2D eigenvalue weighted by molar-refractivity contribution is -0.127. The van der Waals surface area contributed by atoms with Crippen LogP contribution in [0.3, 0.4) is 0 Å². The Morgan fingerprint density at radius 1 is 0.923 bits per heavy atom. The zero-order valence-corrected chi connectivity index (χ0v) is 17.4. The molecule has 0 aromatic carbocycles. The number of rotatable bonds is 4. The summed E-state index contributed by atoms with van der Waals surface area (Å²) in [5.41, 5.74) is 1.07. The zero-order chi connectivity index (χ0) is 18.5. The summed E-state index contributed by atoms with van der Waals surface area (Å²) in [6, 6.07) is 0. The molecule has 0 spiro atoms. The first-order valence-electron chi connectivity index (χ1n) is 11.7. The maximum Gasteiger partial charge on any atom is 0.0543 e. The van der Waals surface area contributed by atoms with Crippen LogP contribution < -0.4 is 0 Å². The highest BCUT2D eigenvalue weighted by molar-refractivity contribution is 5.09. The summed E-state index contributed by atoms with van der Waals surface area (Å²) in [4.78, 5) is 0. The van der Waals surface area contributed by atoms with Crippen molar-refractivity contribution in [2.24, 2.45) is 40.4 Å². The molecule has 2 nitrogen and oxygen atoms in total. The van der Waals surface area contributed by atoms with E-state index in [1.807, 2.05) is 6.92 Å². The van der Waals surface area contributed by atoms with Crippen molar-refractivity contribution < 1.29 is 10.2 Å². The molecule has 4 saturated carbocycles. The zero-order valence-electron chi connectivity index (χ0n) is 17.4. The second kappa shape index (κ2) is 7.07. The maximum absolute atomic E-state index is 10.2. The lowest BCUT2D eigenvalue weighted by Gasteiger charge is -2.61. The Kier molecular flexibility index (Phi) is 5.23. The van der Waals surface area contributed by atoms with Crippen LogP contribution in [0.1, 0.15) is 97.8 Å². The Labute approximate surface area is 161 Å². The van der Waals surface area contributed by atoms with Crippen LogP contribution in [-0.2, 0) is 0 Å². The van der Waals surface area contributed by atoms with Gasteiger partial charge in [0.2, 0.25) is 0 Å². The highest BCUT2D eigenvalue weighted by atomic mass is 16.3. The average Bonchev–Trinajstić information content (AvgIpc) is 2.92. The van der Waals surface area contributed by atoms with Crippen molar-refractivity contribution in [1.29, 1.82) is 0 Å². The van der Waals surface area contributed by atoms with E-state index in [0.29, 0.717) is 10.8 Å². The van der Waals surface area contributed by atoms with E-state index >= 15 is 0 Å². The largest absolute Gasteiger partial charge is 0.393 e. The van der Waals surface area contributed by atoms with Crippen LogP contribution in [0.2, 0.25) is 0 Å². The van der Waals surface area contributed by atoms with Gasteiger partial charge in [-0.3, -0.25) is 0 Å². The molecule has 4 aliphatic carbocycles. The lowest BCUT2D eigenvalue weighted by Crippen LogP contribution is -2.53. The van der Waals surface area contributed by atoms with Crippen molar-refractivity contribution in [2.45, 2.75) is 110 Å². The number of fused-ring (bicyclic) bond motifs is 5. The Hall–Kier alpha value is -0.0800. The summed E-state index contributed by atoms with van der Waals surface area (Å²) in [6.45, 7) is 7.16. The molecule has 9 atom stereocenters. The van der Waals surface area contributed by atoms with Gasteiger partial charge >= 0.3 is 0 Å². The summed E-state index contributed by atoms with van der Waals surface area (Å²) >= 11 is 0. The fraction of sp³-hybridized carbons (Fsp3) is 1.00. The molecule has 26 heavy (non-hydrogen) atoms. The molecular weight excluding hydrogens is 320 g/mol. The van der Waals surface area contributed by atoms with E-state index in [9.17, 15) is 10.2 Å². The summed E-state index contributed by atoms with van der Waals surface area (Å²) in [5.74, 6) is 4.49. The first kappa shape index (κ1) is 19.2. The van der Waals surface area contributed by atoms with E-state index in [-0.39, 0.29) is 12.2 Å². The molecule has 0 radical (unpaired) electrons. The molecular formula is C24H42O2. The fourth-order valence-corrected chi connectivity index (χ4v) is 8.48. The lowest BCUT2D eigenvalue weighted by atomic mass is 9.44. The minimum Gasteiger partial charge on any atom is -0.393 e. The Morgan fingerprint density at radius 2 is 1.65 bits per heavy atom. The van der Waals surface area contributed by atoms with Crippen molar-refractivity contribution in [3.8, 4) is 0 Å². The highest BCUT2D eigenvalue weighted by Crippen LogP contribution is 2.67. The summed E-state index contributed by atoms with van der Waals surface area (Å²) in [6.07, 6.45) is 15.3. The van der Waals surface area contributed by atoms with E-state index in [1.165, 1.54) is 57.8 Å². The first-order chi connectivity index (χ1) is 12.3. The second-order valence-electron chi connectivity index (χ2n) is 11.2. The number of aliphatic hydroxyl groups excluding tert-OH is 2. The Morgan fingerprint density at radius 3 is 2.42 bits per heavy atom. The molecule has 4 aliphatic rings. The van der Waals surface area contributed by atoms with E-state index < -0.39 is 0 Å². The molecule has 0 saturated heterocycles. The highest BCUT2D eigenvalue weighted by Gasteiger charge is 2.59. The van der Waals surface area contributed by atoms with Gasteiger partial charge in [0.15, 0.2) is 0 Å². The van der Waals surface area contributed by atoms with Gasteiger partial charge in [0.1, 0.15) is 0 Å². The van der Waals surface area contributed by atoms with Crippen LogP contribution in [0.15, 0.2) is 0 Å². The van der Waals surface area contributed by atoms with Crippen LogP contribution in [0.4, 0.5) is 0 Å². The summed E-state index contributed by atoms with van der Waals surface area (Å²) in [5, 5.41) is 19.8. The van der Waals surface area contributed by atoms with Crippen LogP contribution in [0.5, 0.6) is 0 Å². The SMILES string of the molecule is CC(O)CCC[C@H]1CCC2[C@@H]3CCC4CC(O)CC[C@]4(C)C3CCC21C. The van der Waals surface area contributed by atoms with Gasteiger partial charge in [-0.25, -0.2) is 0 Å². The van der Waals surface area contributed by atoms with Crippen molar-refractivity contribution >= 4 is 0 Å². The van der Waals surface area contributed by atoms with Crippen molar-refractivity contribution in [2.75, 3.05) is 0 Å². The van der Waals surface area contributed by atoms with E-state index in [1.54, 1.807) is 0 Å². The number of hydrogen-bond acceptors (Lipinski definition) is 2. The van der Waals surface area contributed by atoms with Gasteiger partial charge in [-0.2, -0.15) is 0 Å². The Bertz CT molecular complexity index is 502. The maximum atomic E-state index is 10.2. The van der Waals surface area contributed by atoms with Gasteiger partial charge in [-0.15, -0.1) is 0 Å². The molecule has 2 heteroatoms. The van der Waals surface area contributed by atoms with Crippen LogP contribution in [0, 0.1) is 40.4 Å². The molecule has 0 heterocycles. The molecule has 2 N–H and O–H groups in total. The van der Waals surface area contributed by atoms with Crippen molar-refractivity contribution in [3.63, 3.8) is 0 Å². The molecule has 4 rings (SSSR count). The number of hydrogen-bond donors (Lipinski definition) is 2. The van der Waals surface area contributed by atoms with Gasteiger partial charge < -0.3 is 10.2 Å². The van der Waals surface area contributed by atoms with E-state index in [2.05, 4.69) is 13.8 Å². The molecule has 0 amide bonds. The minimum atomic E-state index is -0.132. The molecule has 0 aromatic rings. The summed E-state index contributed by atoms with van der Waals surface area (Å²) < 4.78 is 0. The molecule has 6 unspecified atom stereocenters. The van der Waals surface area contributed by atoms with E-state index in [4.69, 9.17) is 0 Å². The molecule has 0 bridgehead atoms. The van der Waals surface area contributed by atoms with Crippen LogP contribution in [-0.4, -0.2) is 22.4 Å². The van der Waals surface area contributed by atoms with Gasteiger partial charge in [0.05, 0.1) is 12.2 Å². The molecule has 4 fully saturated rings. The monoisotopic (exact) mass is 362 g/mol. The summed E-state index contributed by atoms with van der Waals surface area (Å²) in [7, 11) is 0. The molecule has 0 aliphatic heterocycles. The third kappa shape index (κ3) is 3.08.